The number of rotatable bonds is 8. The highest BCUT2D eigenvalue weighted by molar-refractivity contribution is 6.06. The van der Waals surface area contributed by atoms with Gasteiger partial charge in [-0.3, -0.25) is 9.36 Å². The predicted molar refractivity (Wildman–Crippen MR) is 161 cm³/mol. The van der Waals surface area contributed by atoms with Crippen molar-refractivity contribution in [2.75, 3.05) is 0 Å². The molecule has 1 amide bonds. The number of benzene rings is 5. The van der Waals surface area contributed by atoms with Crippen LogP contribution in [-0.2, 0) is 13.1 Å². The molecule has 6 rings (SSSR count). The molecule has 1 aromatic heterocycles. The maximum Gasteiger partial charge on any atom is 0.420 e. The Bertz CT molecular complexity index is 2070. The zero-order valence-electron chi connectivity index (χ0n) is 23.1. The van der Waals surface area contributed by atoms with Crippen molar-refractivity contribution in [1.82, 2.24) is 9.88 Å². The minimum atomic E-state index is -1.07. The van der Waals surface area contributed by atoms with Gasteiger partial charge in [-0.05, 0) is 69.8 Å². The molecule has 0 atom stereocenters. The Morgan fingerprint density at radius 2 is 1.39 bits per heavy atom. The Hall–Kier alpha value is -5.83. The molecule has 7 nitrogen and oxygen atoms in total. The average Bonchev–Trinajstić information content (AvgIpc) is 3.35. The van der Waals surface area contributed by atoms with Gasteiger partial charge >= 0.3 is 11.7 Å². The van der Waals surface area contributed by atoms with Crippen LogP contribution in [-0.4, -0.2) is 21.6 Å². The summed E-state index contributed by atoms with van der Waals surface area (Å²) in [4.78, 5) is 37.9. The van der Waals surface area contributed by atoms with Crippen molar-refractivity contribution < 1.29 is 27.9 Å². The van der Waals surface area contributed by atoms with E-state index in [0.717, 1.165) is 28.8 Å². The fourth-order valence-corrected chi connectivity index (χ4v) is 5.02. The van der Waals surface area contributed by atoms with Crippen molar-refractivity contribution in [1.29, 1.82) is 0 Å². The number of hydrogen-bond donors (Lipinski definition) is 2. The first kappa shape index (κ1) is 28.3. The van der Waals surface area contributed by atoms with E-state index in [4.69, 9.17) is 9.52 Å². The summed E-state index contributed by atoms with van der Waals surface area (Å²) in [6.07, 6.45) is 0. The van der Waals surface area contributed by atoms with E-state index in [1.165, 1.54) is 34.9 Å². The summed E-state index contributed by atoms with van der Waals surface area (Å²) in [7, 11) is 0. The lowest BCUT2D eigenvalue weighted by molar-refractivity contribution is 0.0696. The van der Waals surface area contributed by atoms with Crippen LogP contribution in [0.5, 0.6) is 0 Å². The Labute approximate surface area is 249 Å². The molecule has 0 aliphatic heterocycles. The van der Waals surface area contributed by atoms with Gasteiger partial charge in [0.25, 0.3) is 5.91 Å². The maximum atomic E-state index is 14.1. The second-order valence-electron chi connectivity index (χ2n) is 10.2. The molecule has 9 heteroatoms. The van der Waals surface area contributed by atoms with Gasteiger partial charge in [-0.2, -0.15) is 0 Å². The molecule has 44 heavy (non-hydrogen) atoms. The first-order valence-corrected chi connectivity index (χ1v) is 13.6. The van der Waals surface area contributed by atoms with E-state index >= 15 is 0 Å². The summed E-state index contributed by atoms with van der Waals surface area (Å²) in [5.41, 5.74) is 4.69. The van der Waals surface area contributed by atoms with Crippen molar-refractivity contribution in [2.45, 2.75) is 13.1 Å². The lowest BCUT2D eigenvalue weighted by Crippen LogP contribution is -2.24. The highest BCUT2D eigenvalue weighted by atomic mass is 19.2. The number of nitrogens with zero attached hydrogens (tertiary/aromatic N) is 1. The third kappa shape index (κ3) is 5.76. The second-order valence-corrected chi connectivity index (χ2v) is 10.2. The third-order valence-corrected chi connectivity index (χ3v) is 7.32. The molecule has 2 N–H and O–H groups in total. The molecule has 0 aliphatic carbocycles. The van der Waals surface area contributed by atoms with E-state index in [9.17, 15) is 23.2 Å². The molecule has 0 spiro atoms. The average molecular weight is 591 g/mol. The number of aromatic nitrogens is 1. The fraction of sp³-hybridized carbons (Fsp3) is 0.0571. The van der Waals surface area contributed by atoms with Gasteiger partial charge in [-0.25, -0.2) is 18.4 Å². The molecular weight excluding hydrogens is 566 g/mol. The first-order chi connectivity index (χ1) is 21.3. The number of carbonyl (C=O) groups is 2. The van der Waals surface area contributed by atoms with Crippen molar-refractivity contribution in [3.05, 3.63) is 154 Å². The highest BCUT2D eigenvalue weighted by Gasteiger charge is 2.21. The standard InChI is InChI=1S/C35H24F2N2O5/c36-29-15-14-26(17-30(29)37)27-16-28(33(40)38-19-21-6-12-25(13-7-21)34(41)42)32-31(18-27)44-35(43)39(32)20-22-8-10-24(11-9-22)23-4-2-1-3-5-23/h1-18H,19-20H2,(H,38,40)(H,41,42). The Morgan fingerprint density at radius 3 is 2.07 bits per heavy atom. The number of fused-ring (bicyclic) bond motifs is 1. The highest BCUT2D eigenvalue weighted by Crippen LogP contribution is 2.30. The second kappa shape index (κ2) is 11.8. The van der Waals surface area contributed by atoms with Crippen LogP contribution in [0.2, 0.25) is 0 Å². The van der Waals surface area contributed by atoms with E-state index in [0.29, 0.717) is 11.1 Å². The van der Waals surface area contributed by atoms with Gasteiger partial charge in [-0.15, -0.1) is 0 Å². The summed E-state index contributed by atoms with van der Waals surface area (Å²) < 4.78 is 34.7. The monoisotopic (exact) mass is 590 g/mol. The van der Waals surface area contributed by atoms with Gasteiger partial charge < -0.3 is 14.8 Å². The maximum absolute atomic E-state index is 14.1. The van der Waals surface area contributed by atoms with Crippen molar-refractivity contribution in [3.63, 3.8) is 0 Å². The zero-order valence-corrected chi connectivity index (χ0v) is 23.1. The zero-order chi connectivity index (χ0) is 30.8. The van der Waals surface area contributed by atoms with Crippen LogP contribution in [0, 0.1) is 11.6 Å². The molecule has 0 radical (unpaired) electrons. The molecule has 0 fully saturated rings. The van der Waals surface area contributed by atoms with Gasteiger partial charge in [0, 0.05) is 6.54 Å². The number of halogens is 2. The minimum absolute atomic E-state index is 0.0681. The molecule has 0 aliphatic rings. The van der Waals surface area contributed by atoms with Crippen LogP contribution in [0.4, 0.5) is 8.78 Å². The molecule has 0 unspecified atom stereocenters. The largest absolute Gasteiger partial charge is 0.478 e. The van der Waals surface area contributed by atoms with Crippen LogP contribution in [0.1, 0.15) is 31.8 Å². The number of hydrogen-bond acceptors (Lipinski definition) is 4. The smallest absolute Gasteiger partial charge is 0.420 e. The number of oxazole rings is 1. The molecule has 5 aromatic carbocycles. The lowest BCUT2D eigenvalue weighted by atomic mass is 10.0. The topological polar surface area (TPSA) is 102 Å². The van der Waals surface area contributed by atoms with Crippen LogP contribution < -0.4 is 11.1 Å². The Balaban J connectivity index is 1.38. The summed E-state index contributed by atoms with van der Waals surface area (Å²) in [5, 5.41) is 11.9. The number of carboxylic acid groups (broad SMARTS) is 1. The SMILES string of the molecule is O=C(O)c1ccc(CNC(=O)c2cc(-c3ccc(F)c(F)c3)cc3oc(=O)n(Cc4ccc(-c5ccccc5)cc4)c23)cc1. The van der Waals surface area contributed by atoms with Crippen molar-refractivity contribution in [3.8, 4) is 22.3 Å². The number of nitrogens with one attached hydrogen (secondary N) is 1. The van der Waals surface area contributed by atoms with Gasteiger partial charge in [0.15, 0.2) is 17.2 Å². The van der Waals surface area contributed by atoms with Crippen LogP contribution >= 0.6 is 0 Å². The molecule has 1 heterocycles. The van der Waals surface area contributed by atoms with E-state index in [1.54, 1.807) is 12.1 Å². The van der Waals surface area contributed by atoms with Crippen molar-refractivity contribution in [2.24, 2.45) is 0 Å². The van der Waals surface area contributed by atoms with E-state index in [1.807, 2.05) is 54.6 Å². The number of carboxylic acids is 1. The van der Waals surface area contributed by atoms with Gasteiger partial charge in [-0.1, -0.05) is 72.8 Å². The van der Waals surface area contributed by atoms with Gasteiger partial charge in [0.2, 0.25) is 0 Å². The Morgan fingerprint density at radius 1 is 0.727 bits per heavy atom. The number of amides is 1. The van der Waals surface area contributed by atoms with Crippen LogP contribution in [0.3, 0.4) is 0 Å². The molecule has 0 saturated carbocycles. The third-order valence-electron chi connectivity index (χ3n) is 7.32. The Kier molecular flexibility index (Phi) is 7.59. The molecule has 218 valence electrons. The number of aromatic carboxylic acids is 1. The summed E-state index contributed by atoms with van der Waals surface area (Å²) >= 11 is 0. The number of carbonyl (C=O) groups excluding carboxylic acids is 1. The summed E-state index contributed by atoms with van der Waals surface area (Å²) in [5.74, 6) is -4.37. The normalized spacial score (nSPS) is 11.0. The molecule has 0 saturated heterocycles. The fourth-order valence-electron chi connectivity index (χ4n) is 5.02. The van der Waals surface area contributed by atoms with Crippen LogP contribution in [0.25, 0.3) is 33.4 Å². The predicted octanol–water partition coefficient (Wildman–Crippen LogP) is 6.88. The first-order valence-electron chi connectivity index (χ1n) is 13.6. The van der Waals surface area contributed by atoms with E-state index < -0.39 is 29.3 Å². The minimum Gasteiger partial charge on any atom is -0.478 e. The summed E-state index contributed by atoms with van der Waals surface area (Å²) in [6.45, 7) is 0.182. The van der Waals surface area contributed by atoms with Crippen molar-refractivity contribution >= 4 is 23.0 Å². The molecular formula is C35H24F2N2O5. The van der Waals surface area contributed by atoms with Gasteiger partial charge in [0.05, 0.1) is 17.7 Å². The van der Waals surface area contributed by atoms with E-state index in [2.05, 4.69) is 5.32 Å². The van der Waals surface area contributed by atoms with E-state index in [-0.39, 0.29) is 40.9 Å². The molecule has 0 bridgehead atoms. The molecule has 6 aromatic rings. The van der Waals surface area contributed by atoms with Crippen LogP contribution in [0.15, 0.2) is 118 Å². The van der Waals surface area contributed by atoms with Gasteiger partial charge in [0.1, 0.15) is 5.52 Å². The lowest BCUT2D eigenvalue weighted by Gasteiger charge is -2.12. The summed E-state index contributed by atoms with van der Waals surface area (Å²) in [6, 6.07) is 29.9. The quantitative estimate of drug-likeness (QED) is 0.201.